The van der Waals surface area contributed by atoms with E-state index >= 15 is 0 Å². The number of rotatable bonds is 0. The first-order chi connectivity index (χ1) is 18.2. The molecular formula is C28H16Br2Cl2N2O4. The molecule has 4 aromatic carbocycles. The number of fused-ring (bicyclic) bond motifs is 6. The highest BCUT2D eigenvalue weighted by atomic mass is 79.9. The van der Waals surface area contributed by atoms with Gasteiger partial charge in [0.1, 0.15) is 29.3 Å². The number of hydrogen-bond donors (Lipinski definition) is 1. The van der Waals surface area contributed by atoms with Gasteiger partial charge in [-0.05, 0) is 72.8 Å². The molecule has 1 unspecified atom stereocenters. The molecule has 2 aliphatic rings. The van der Waals surface area contributed by atoms with E-state index in [1.54, 1.807) is 36.4 Å². The fourth-order valence-electron chi connectivity index (χ4n) is 4.60. The molecule has 0 amide bonds. The second-order valence-corrected chi connectivity index (χ2v) is 11.4. The second kappa shape index (κ2) is 9.61. The van der Waals surface area contributed by atoms with E-state index in [1.165, 1.54) is 0 Å². The predicted molar refractivity (Wildman–Crippen MR) is 157 cm³/mol. The lowest BCUT2D eigenvalue weighted by molar-refractivity contribution is 0.264. The summed E-state index contributed by atoms with van der Waals surface area (Å²) in [6, 6.07) is 21.9. The number of hydrogen-bond acceptors (Lipinski definition) is 6. The van der Waals surface area contributed by atoms with Crippen molar-refractivity contribution >= 4 is 83.0 Å². The Bertz CT molecular complexity index is 1740. The van der Waals surface area contributed by atoms with Crippen molar-refractivity contribution < 1.29 is 13.9 Å². The zero-order valence-corrected chi connectivity index (χ0v) is 24.0. The van der Waals surface area contributed by atoms with Gasteiger partial charge in [0.05, 0.1) is 10.8 Å². The van der Waals surface area contributed by atoms with Gasteiger partial charge in [-0.15, -0.1) is 0 Å². The third-order valence-electron chi connectivity index (χ3n) is 6.32. The molecule has 1 aromatic heterocycles. The van der Waals surface area contributed by atoms with Crippen molar-refractivity contribution in [3.05, 3.63) is 113 Å². The highest BCUT2D eigenvalue weighted by Crippen LogP contribution is 2.51. The monoisotopic (exact) mass is 672 g/mol. The summed E-state index contributed by atoms with van der Waals surface area (Å²) in [6.07, 6.45) is 0. The normalized spacial score (nSPS) is 17.2. The lowest BCUT2D eigenvalue weighted by atomic mass is 9.81. The van der Waals surface area contributed by atoms with Crippen LogP contribution in [-0.2, 0) is 10.3 Å². The minimum absolute atomic E-state index is 0.0648. The fourth-order valence-corrected chi connectivity index (χ4v) is 5.67. The number of nitrogens with two attached hydrogens (primary N) is 1. The molecule has 0 saturated heterocycles. The van der Waals surface area contributed by atoms with Crippen molar-refractivity contribution in [2.45, 2.75) is 5.54 Å². The Kier molecular flexibility index (Phi) is 6.39. The van der Waals surface area contributed by atoms with Crippen molar-refractivity contribution in [2.75, 3.05) is 6.61 Å². The van der Waals surface area contributed by atoms with Gasteiger partial charge in [-0.25, -0.2) is 4.99 Å². The highest BCUT2D eigenvalue weighted by molar-refractivity contribution is 9.10. The summed E-state index contributed by atoms with van der Waals surface area (Å²) in [5, 5.41) is 2.20. The largest absolute Gasteiger partial charge is 0.462 e. The van der Waals surface area contributed by atoms with Gasteiger partial charge >= 0.3 is 0 Å². The zero-order chi connectivity index (χ0) is 26.6. The zero-order valence-electron chi connectivity index (χ0n) is 19.3. The first-order valence-corrected chi connectivity index (χ1v) is 13.7. The van der Waals surface area contributed by atoms with E-state index in [0.717, 1.165) is 31.6 Å². The maximum atomic E-state index is 12.3. The molecule has 10 heteroatoms. The van der Waals surface area contributed by atoms with Crippen molar-refractivity contribution in [3.63, 3.8) is 0 Å². The van der Waals surface area contributed by atoms with Gasteiger partial charge in [-0.3, -0.25) is 4.79 Å². The van der Waals surface area contributed by atoms with E-state index in [9.17, 15) is 4.79 Å². The lowest BCUT2D eigenvalue weighted by Crippen LogP contribution is -2.31. The van der Waals surface area contributed by atoms with Crippen LogP contribution < -0.4 is 15.9 Å². The molecule has 190 valence electrons. The molecule has 0 bridgehead atoms. The van der Waals surface area contributed by atoms with Crippen LogP contribution in [0.2, 0.25) is 10.0 Å². The second-order valence-electron chi connectivity index (χ2n) is 8.69. The van der Waals surface area contributed by atoms with Gasteiger partial charge in [-0.1, -0.05) is 55.1 Å². The molecule has 5 aromatic rings. The number of aliphatic imine (C=N–C) groups is 1. The van der Waals surface area contributed by atoms with Crippen molar-refractivity contribution in [1.82, 2.24) is 0 Å². The van der Waals surface area contributed by atoms with Crippen molar-refractivity contribution in [2.24, 2.45) is 10.7 Å². The van der Waals surface area contributed by atoms with Gasteiger partial charge in [0.2, 0.25) is 5.43 Å². The summed E-state index contributed by atoms with van der Waals surface area (Å²) >= 11 is 18.9. The number of nitrogens with zero attached hydrogens (tertiary/aromatic N) is 1. The minimum atomic E-state index is -0.707. The molecule has 7 rings (SSSR count). The Morgan fingerprint density at radius 3 is 2.11 bits per heavy atom. The SMILES string of the molecule is NC1=NC2(CO1)c1cc(Cl)ccc1Oc1ccc(Br)cc12.O=c1c2cc(Cl)ccc2oc2ccc(Br)cc12. The van der Waals surface area contributed by atoms with Crippen molar-refractivity contribution in [1.29, 1.82) is 0 Å². The van der Waals surface area contributed by atoms with Crippen LogP contribution in [0.3, 0.4) is 0 Å². The average molecular weight is 675 g/mol. The molecule has 38 heavy (non-hydrogen) atoms. The number of benzene rings is 4. The number of halogens is 4. The Hall–Kier alpha value is -3.04. The van der Waals surface area contributed by atoms with E-state index < -0.39 is 5.54 Å². The van der Waals surface area contributed by atoms with Crippen LogP contribution in [-0.4, -0.2) is 12.6 Å². The third-order valence-corrected chi connectivity index (χ3v) is 7.77. The molecule has 0 saturated carbocycles. The van der Waals surface area contributed by atoms with Crippen LogP contribution in [0, 0.1) is 0 Å². The Labute approximate surface area is 243 Å². The lowest BCUT2D eigenvalue weighted by Gasteiger charge is -2.33. The van der Waals surface area contributed by atoms with Crippen LogP contribution in [0.25, 0.3) is 21.9 Å². The third kappa shape index (κ3) is 4.35. The molecule has 6 nitrogen and oxygen atoms in total. The van der Waals surface area contributed by atoms with Gasteiger partial charge in [0, 0.05) is 30.1 Å². The van der Waals surface area contributed by atoms with Gasteiger partial charge in [-0.2, -0.15) is 0 Å². The van der Waals surface area contributed by atoms with Crippen LogP contribution in [0.4, 0.5) is 0 Å². The molecule has 2 aliphatic heterocycles. The minimum Gasteiger partial charge on any atom is -0.462 e. The fraction of sp³-hybridized carbons (Fsp3) is 0.0714. The first-order valence-electron chi connectivity index (χ1n) is 11.3. The maximum Gasteiger partial charge on any atom is 0.283 e. The van der Waals surface area contributed by atoms with E-state index in [0.29, 0.717) is 38.6 Å². The topological polar surface area (TPSA) is 87.0 Å². The molecule has 1 spiro atoms. The van der Waals surface area contributed by atoms with E-state index in [1.807, 2.05) is 36.4 Å². The molecule has 1 atom stereocenters. The summed E-state index contributed by atoms with van der Waals surface area (Å²) in [4.78, 5) is 16.8. The molecule has 0 aliphatic carbocycles. The smallest absolute Gasteiger partial charge is 0.283 e. The number of ether oxygens (including phenoxy) is 2. The summed E-state index contributed by atoms with van der Waals surface area (Å²) < 4.78 is 18.9. The van der Waals surface area contributed by atoms with E-state index in [4.69, 9.17) is 42.8 Å². The van der Waals surface area contributed by atoms with E-state index in [-0.39, 0.29) is 11.5 Å². The van der Waals surface area contributed by atoms with Gasteiger partial charge in [0.15, 0.2) is 5.54 Å². The Morgan fingerprint density at radius 1 is 0.789 bits per heavy atom. The van der Waals surface area contributed by atoms with Crippen LogP contribution in [0.5, 0.6) is 11.5 Å². The Morgan fingerprint density at radius 2 is 1.37 bits per heavy atom. The van der Waals surface area contributed by atoms with Crippen molar-refractivity contribution in [3.8, 4) is 11.5 Å². The maximum absolute atomic E-state index is 12.3. The number of amidine groups is 1. The molecule has 0 radical (unpaired) electrons. The summed E-state index contributed by atoms with van der Waals surface area (Å²) in [7, 11) is 0. The van der Waals surface area contributed by atoms with E-state index in [2.05, 4.69) is 36.9 Å². The predicted octanol–water partition coefficient (Wildman–Crippen LogP) is 8.16. The van der Waals surface area contributed by atoms with Gasteiger partial charge in [0.25, 0.3) is 6.02 Å². The average Bonchev–Trinajstić information content (AvgIpc) is 3.29. The molecule has 3 heterocycles. The Balaban J connectivity index is 0.000000142. The summed E-state index contributed by atoms with van der Waals surface area (Å²) in [6.45, 7) is 0.332. The molecule has 0 fully saturated rings. The standard InChI is InChI=1S/C15H10BrClN2O2.C13H6BrClO2/c16-8-1-3-12-10(5-8)15(7-20-14(18)19-15)11-6-9(17)2-4-13(11)21-12;14-7-1-3-11-9(5-7)13(16)10-6-8(15)2-4-12(10)17-11/h1-6H,7H2,(H2,18,19);1-6H. The highest BCUT2D eigenvalue weighted by Gasteiger charge is 2.47. The van der Waals surface area contributed by atoms with Gasteiger partial charge < -0.3 is 19.6 Å². The summed E-state index contributed by atoms with van der Waals surface area (Å²) in [5.41, 5.74) is 7.90. The van der Waals surface area contributed by atoms with Crippen LogP contribution >= 0.6 is 55.1 Å². The molecular weight excluding hydrogens is 659 g/mol. The summed E-state index contributed by atoms with van der Waals surface area (Å²) in [5.74, 6) is 1.46. The first kappa shape index (κ1) is 25.2. The van der Waals surface area contributed by atoms with Crippen LogP contribution in [0.1, 0.15) is 11.1 Å². The van der Waals surface area contributed by atoms with Crippen LogP contribution in [0.15, 0.2) is 95.9 Å². The molecule has 2 N–H and O–H groups in total. The quantitative estimate of drug-likeness (QED) is 0.168.